The molecule has 2 unspecified atom stereocenters. The minimum atomic E-state index is -0.883. The Hall–Kier alpha value is -1.66. The van der Waals surface area contributed by atoms with Gasteiger partial charge in [0.15, 0.2) is 16.8 Å². The molecule has 0 saturated carbocycles. The van der Waals surface area contributed by atoms with E-state index in [1.54, 1.807) is 13.0 Å². The Morgan fingerprint density at radius 1 is 1.29 bits per heavy atom. The van der Waals surface area contributed by atoms with Crippen LogP contribution < -0.4 is 14.8 Å². The molecule has 31 heavy (non-hydrogen) atoms. The lowest BCUT2D eigenvalue weighted by molar-refractivity contribution is 0.124. The second kappa shape index (κ2) is 11.3. The van der Waals surface area contributed by atoms with E-state index in [2.05, 4.69) is 38.2 Å². The Balaban J connectivity index is 1.71. The fourth-order valence-corrected chi connectivity index (χ4v) is 4.84. The van der Waals surface area contributed by atoms with Gasteiger partial charge in [0.05, 0.1) is 6.61 Å². The third-order valence-electron chi connectivity index (χ3n) is 4.45. The van der Waals surface area contributed by atoms with Crippen molar-refractivity contribution < 1.29 is 18.6 Å². The summed E-state index contributed by atoms with van der Waals surface area (Å²) in [5.41, 5.74) is 0.233. The summed E-state index contributed by atoms with van der Waals surface area (Å²) in [5.74, 6) is -0.759. The van der Waals surface area contributed by atoms with Gasteiger partial charge in [0.1, 0.15) is 11.9 Å². The SMILES string of the molecule is CC1CN(SNc2cc(O[C@H](C)CO)nc(SCc3cccc(F)c3F)n2)CC(C)N1. The van der Waals surface area contributed by atoms with Crippen LogP contribution >= 0.6 is 23.9 Å². The largest absolute Gasteiger partial charge is 0.472 e. The molecule has 2 aromatic rings. The van der Waals surface area contributed by atoms with E-state index in [1.807, 2.05) is 0 Å². The van der Waals surface area contributed by atoms with Crippen LogP contribution in [0.1, 0.15) is 26.3 Å². The molecule has 1 aromatic heterocycles. The number of piperazine rings is 1. The average Bonchev–Trinajstić information content (AvgIpc) is 2.72. The normalized spacial score (nSPS) is 20.5. The highest BCUT2D eigenvalue weighted by Crippen LogP contribution is 2.27. The summed E-state index contributed by atoms with van der Waals surface area (Å²) >= 11 is 2.63. The van der Waals surface area contributed by atoms with Gasteiger partial charge in [-0.2, -0.15) is 4.98 Å². The summed E-state index contributed by atoms with van der Waals surface area (Å²) in [7, 11) is 0. The maximum absolute atomic E-state index is 14.0. The van der Waals surface area contributed by atoms with E-state index in [0.29, 0.717) is 28.9 Å². The molecule has 0 bridgehead atoms. The summed E-state index contributed by atoms with van der Waals surface area (Å²) in [5, 5.41) is 13.1. The molecule has 0 aliphatic carbocycles. The summed E-state index contributed by atoms with van der Waals surface area (Å²) in [4.78, 5) is 8.81. The highest BCUT2D eigenvalue weighted by Gasteiger charge is 2.22. The van der Waals surface area contributed by atoms with E-state index in [4.69, 9.17) is 4.74 Å². The number of rotatable bonds is 9. The number of anilines is 1. The number of nitrogens with zero attached hydrogens (tertiary/aromatic N) is 3. The molecular formula is C20H27F2N5O2S2. The highest BCUT2D eigenvalue weighted by molar-refractivity contribution is 7.98. The molecule has 1 fully saturated rings. The minimum absolute atomic E-state index is 0.158. The number of thioether (sulfide) groups is 1. The fraction of sp³-hybridized carbons (Fsp3) is 0.500. The first-order chi connectivity index (χ1) is 14.8. The quantitative estimate of drug-likeness (QED) is 0.289. The number of benzene rings is 1. The van der Waals surface area contributed by atoms with Crippen molar-refractivity contribution in [2.45, 2.75) is 49.9 Å². The van der Waals surface area contributed by atoms with Gasteiger partial charge >= 0.3 is 0 Å². The monoisotopic (exact) mass is 471 g/mol. The van der Waals surface area contributed by atoms with Crippen LogP contribution in [0.15, 0.2) is 29.4 Å². The highest BCUT2D eigenvalue weighted by atomic mass is 32.2. The van der Waals surface area contributed by atoms with Gasteiger partial charge in [-0.1, -0.05) is 23.9 Å². The van der Waals surface area contributed by atoms with Gasteiger partial charge in [-0.15, -0.1) is 0 Å². The van der Waals surface area contributed by atoms with E-state index >= 15 is 0 Å². The van der Waals surface area contributed by atoms with Crippen molar-refractivity contribution in [3.63, 3.8) is 0 Å². The zero-order valence-electron chi connectivity index (χ0n) is 17.6. The van der Waals surface area contributed by atoms with Crippen LogP contribution in [0.25, 0.3) is 0 Å². The predicted octanol–water partition coefficient (Wildman–Crippen LogP) is 3.46. The Morgan fingerprint density at radius 3 is 2.74 bits per heavy atom. The van der Waals surface area contributed by atoms with E-state index in [1.165, 1.54) is 36.0 Å². The molecule has 1 saturated heterocycles. The Morgan fingerprint density at radius 2 is 2.03 bits per heavy atom. The molecule has 7 nitrogen and oxygen atoms in total. The van der Waals surface area contributed by atoms with Crippen LogP contribution in [0.4, 0.5) is 14.6 Å². The predicted molar refractivity (Wildman–Crippen MR) is 120 cm³/mol. The van der Waals surface area contributed by atoms with Crippen molar-refractivity contribution in [1.29, 1.82) is 0 Å². The van der Waals surface area contributed by atoms with Crippen LogP contribution in [-0.2, 0) is 5.75 Å². The molecule has 1 aliphatic rings. The van der Waals surface area contributed by atoms with Crippen LogP contribution in [0.3, 0.4) is 0 Å². The second-order valence-electron chi connectivity index (χ2n) is 7.50. The van der Waals surface area contributed by atoms with Gasteiger partial charge in [0, 0.05) is 54.7 Å². The van der Waals surface area contributed by atoms with Gasteiger partial charge in [0.25, 0.3) is 0 Å². The molecule has 0 amide bonds. The molecule has 2 heterocycles. The number of halogens is 2. The maximum Gasteiger partial charge on any atom is 0.219 e. The van der Waals surface area contributed by atoms with Crippen LogP contribution in [0, 0.1) is 11.6 Å². The van der Waals surface area contributed by atoms with Crippen molar-refractivity contribution in [3.05, 3.63) is 41.5 Å². The summed E-state index contributed by atoms with van der Waals surface area (Å²) < 4.78 is 38.5. The lowest BCUT2D eigenvalue weighted by Crippen LogP contribution is -2.52. The third kappa shape index (κ3) is 7.18. The standard InChI is InChI=1S/C20H27F2N5O2S2/c1-12-8-27(9-13(2)23-12)31-26-17-7-18(29-14(3)10-28)25-20(24-17)30-11-15-5-4-6-16(21)19(15)22/h4-7,12-14,23,28H,8-11H2,1-3H3,(H,24,25,26)/t12?,13?,14-/m1/s1. The van der Waals surface area contributed by atoms with Gasteiger partial charge < -0.3 is 19.9 Å². The number of aromatic nitrogens is 2. The zero-order valence-corrected chi connectivity index (χ0v) is 19.3. The number of aliphatic hydroxyl groups is 1. The van der Waals surface area contributed by atoms with Crippen LogP contribution in [-0.4, -0.2) is 57.3 Å². The molecular weight excluding hydrogens is 444 g/mol. The Kier molecular flexibility index (Phi) is 8.73. The topological polar surface area (TPSA) is 82.5 Å². The zero-order chi connectivity index (χ0) is 22.4. The summed E-state index contributed by atoms with van der Waals surface area (Å²) in [6.45, 7) is 7.58. The first kappa shape index (κ1) is 24.0. The number of nitrogens with one attached hydrogen (secondary N) is 2. The summed E-state index contributed by atoms with van der Waals surface area (Å²) in [6, 6.07) is 6.49. The van der Waals surface area contributed by atoms with Crippen molar-refractivity contribution in [2.75, 3.05) is 24.4 Å². The van der Waals surface area contributed by atoms with E-state index in [0.717, 1.165) is 19.2 Å². The number of hydrogen-bond donors (Lipinski definition) is 3. The van der Waals surface area contributed by atoms with Crippen LogP contribution in [0.5, 0.6) is 5.88 Å². The van der Waals surface area contributed by atoms with E-state index in [-0.39, 0.29) is 17.9 Å². The number of ether oxygens (including phenoxy) is 1. The molecule has 3 N–H and O–H groups in total. The van der Waals surface area contributed by atoms with Crippen molar-refractivity contribution in [2.24, 2.45) is 0 Å². The second-order valence-corrected chi connectivity index (χ2v) is 9.34. The van der Waals surface area contributed by atoms with Gasteiger partial charge in [0.2, 0.25) is 5.88 Å². The molecule has 170 valence electrons. The van der Waals surface area contributed by atoms with Gasteiger partial charge in [-0.25, -0.2) is 18.1 Å². The Bertz CT molecular complexity index is 869. The van der Waals surface area contributed by atoms with Crippen molar-refractivity contribution >= 4 is 29.7 Å². The molecule has 3 atom stereocenters. The molecule has 0 spiro atoms. The van der Waals surface area contributed by atoms with Gasteiger partial charge in [-0.3, -0.25) is 0 Å². The maximum atomic E-state index is 14.0. The van der Waals surface area contributed by atoms with Gasteiger partial charge in [-0.05, 0) is 26.8 Å². The lowest BCUT2D eigenvalue weighted by atomic mass is 10.2. The molecule has 1 aliphatic heterocycles. The fourth-order valence-electron chi connectivity index (χ4n) is 3.09. The number of aliphatic hydroxyl groups excluding tert-OH is 1. The third-order valence-corrected chi connectivity index (χ3v) is 6.21. The molecule has 11 heteroatoms. The number of hydrogen-bond acceptors (Lipinski definition) is 9. The van der Waals surface area contributed by atoms with E-state index < -0.39 is 17.7 Å². The van der Waals surface area contributed by atoms with Crippen molar-refractivity contribution in [1.82, 2.24) is 19.6 Å². The molecule has 3 rings (SSSR count). The molecule has 0 radical (unpaired) electrons. The summed E-state index contributed by atoms with van der Waals surface area (Å²) in [6.07, 6.45) is -0.441. The van der Waals surface area contributed by atoms with E-state index in [9.17, 15) is 13.9 Å². The average molecular weight is 472 g/mol. The van der Waals surface area contributed by atoms with Crippen molar-refractivity contribution in [3.8, 4) is 5.88 Å². The Labute approximate surface area is 189 Å². The first-order valence-corrected chi connectivity index (χ1v) is 11.8. The smallest absolute Gasteiger partial charge is 0.219 e. The lowest BCUT2D eigenvalue weighted by Gasteiger charge is -2.34. The van der Waals surface area contributed by atoms with Crippen LogP contribution in [0.2, 0.25) is 0 Å². The minimum Gasteiger partial charge on any atom is -0.472 e. The molecule has 1 aromatic carbocycles. The first-order valence-electron chi connectivity index (χ1n) is 10.00.